The third-order valence-corrected chi connectivity index (χ3v) is 2.01. The first-order chi connectivity index (χ1) is 6.51. The molecule has 0 aliphatic rings. The molecule has 0 aromatic heterocycles. The topological polar surface area (TPSA) is 69.6 Å². The fraction of sp³-hybridized carbons (Fsp3) is 0.778. The molecule has 82 valence electrons. The first-order valence-corrected chi connectivity index (χ1v) is 4.75. The number of likely N-dealkylation sites (N-methyl/N-ethyl adjacent to an activating group) is 1. The van der Waals surface area contributed by atoms with Gasteiger partial charge in [0.25, 0.3) is 0 Å². The Balaban J connectivity index is 3.91. The summed E-state index contributed by atoms with van der Waals surface area (Å²) in [6.45, 7) is 7.18. The van der Waals surface area contributed by atoms with E-state index in [1.165, 1.54) is 6.92 Å². The van der Waals surface area contributed by atoms with Crippen LogP contribution in [0.15, 0.2) is 0 Å². The molecule has 0 rings (SSSR count). The fourth-order valence-corrected chi connectivity index (χ4v) is 0.999. The van der Waals surface area contributed by atoms with Crippen molar-refractivity contribution in [3.8, 4) is 0 Å². The maximum atomic E-state index is 11.3. The molecule has 0 unspecified atom stereocenters. The van der Waals surface area contributed by atoms with Crippen LogP contribution in [0.5, 0.6) is 0 Å². The number of amides is 1. The smallest absolute Gasteiger partial charge is 0.325 e. The lowest BCUT2D eigenvalue weighted by atomic mass is 10.3. The largest absolute Gasteiger partial charge is 0.480 e. The van der Waals surface area contributed by atoms with Crippen LogP contribution in [0.2, 0.25) is 0 Å². The zero-order valence-corrected chi connectivity index (χ0v) is 8.91. The van der Waals surface area contributed by atoms with Gasteiger partial charge in [-0.15, -0.1) is 0 Å². The molecule has 0 spiro atoms. The molecular weight excluding hydrogens is 184 g/mol. The van der Waals surface area contributed by atoms with Crippen molar-refractivity contribution in [1.29, 1.82) is 0 Å². The zero-order chi connectivity index (χ0) is 11.1. The van der Waals surface area contributed by atoms with E-state index in [2.05, 4.69) is 5.32 Å². The third kappa shape index (κ3) is 4.81. The molecule has 0 aliphatic carbocycles. The van der Waals surface area contributed by atoms with Crippen LogP contribution in [0, 0.1) is 0 Å². The first-order valence-electron chi connectivity index (χ1n) is 4.75. The summed E-state index contributed by atoms with van der Waals surface area (Å²) in [4.78, 5) is 23.6. The van der Waals surface area contributed by atoms with Crippen LogP contribution in [0.1, 0.15) is 20.8 Å². The number of carbonyl (C=O) groups is 2. The highest BCUT2D eigenvalue weighted by Crippen LogP contribution is 1.87. The number of nitrogens with zero attached hydrogens (tertiary/aromatic N) is 1. The summed E-state index contributed by atoms with van der Waals surface area (Å²) in [5, 5.41) is 10.9. The van der Waals surface area contributed by atoms with Crippen LogP contribution < -0.4 is 5.32 Å². The van der Waals surface area contributed by atoms with Crippen molar-refractivity contribution in [2.45, 2.75) is 26.8 Å². The average Bonchev–Trinajstić information content (AvgIpc) is 2.13. The van der Waals surface area contributed by atoms with Gasteiger partial charge < -0.3 is 10.4 Å². The molecule has 5 nitrogen and oxygen atoms in total. The Labute approximate surface area is 84.1 Å². The minimum atomic E-state index is -1.02. The van der Waals surface area contributed by atoms with E-state index >= 15 is 0 Å². The second-order valence-electron chi connectivity index (χ2n) is 3.09. The van der Waals surface area contributed by atoms with Gasteiger partial charge in [0.05, 0.1) is 6.54 Å². The predicted octanol–water partition coefficient (Wildman–Crippen LogP) is -0.0825. The molecule has 0 radical (unpaired) electrons. The van der Waals surface area contributed by atoms with Gasteiger partial charge in [-0.3, -0.25) is 14.5 Å². The van der Waals surface area contributed by atoms with Crippen molar-refractivity contribution >= 4 is 11.9 Å². The molecule has 0 saturated heterocycles. The van der Waals surface area contributed by atoms with Crippen molar-refractivity contribution in [2.24, 2.45) is 0 Å². The molecule has 2 N–H and O–H groups in total. The molecule has 1 amide bonds. The van der Waals surface area contributed by atoms with Gasteiger partial charge in [0, 0.05) is 0 Å². The van der Waals surface area contributed by atoms with Crippen molar-refractivity contribution in [2.75, 3.05) is 19.6 Å². The Bertz CT molecular complexity index is 202. The number of nitrogens with one attached hydrogen (secondary N) is 1. The van der Waals surface area contributed by atoms with E-state index in [0.29, 0.717) is 0 Å². The zero-order valence-electron chi connectivity index (χ0n) is 8.91. The Kier molecular flexibility index (Phi) is 5.87. The highest BCUT2D eigenvalue weighted by molar-refractivity contribution is 5.84. The quantitative estimate of drug-likeness (QED) is 0.632. The monoisotopic (exact) mass is 202 g/mol. The summed E-state index contributed by atoms with van der Waals surface area (Å²) in [5.74, 6) is -1.26. The summed E-state index contributed by atoms with van der Waals surface area (Å²) in [6, 6.07) is -0.821. The molecule has 0 fully saturated rings. The van der Waals surface area contributed by atoms with Gasteiger partial charge in [0.15, 0.2) is 0 Å². The van der Waals surface area contributed by atoms with Gasteiger partial charge in [-0.25, -0.2) is 0 Å². The van der Waals surface area contributed by atoms with Gasteiger partial charge in [-0.05, 0) is 20.0 Å². The van der Waals surface area contributed by atoms with E-state index in [0.717, 1.165) is 13.1 Å². The molecule has 0 aromatic rings. The standard InChI is InChI=1S/C9H18N2O3/c1-4-11(5-2)6-8(12)10-7(3)9(13)14/h7H,4-6H2,1-3H3,(H,10,12)(H,13,14)/t7-/m0/s1. The van der Waals surface area contributed by atoms with Gasteiger partial charge >= 0.3 is 5.97 Å². The van der Waals surface area contributed by atoms with Crippen molar-refractivity contribution in [3.05, 3.63) is 0 Å². The number of carboxylic acid groups (broad SMARTS) is 1. The summed E-state index contributed by atoms with van der Waals surface area (Å²) in [7, 11) is 0. The number of hydrogen-bond donors (Lipinski definition) is 2. The number of hydrogen-bond acceptors (Lipinski definition) is 3. The van der Waals surface area contributed by atoms with Gasteiger partial charge in [0.2, 0.25) is 5.91 Å². The van der Waals surface area contributed by atoms with Crippen LogP contribution >= 0.6 is 0 Å². The van der Waals surface area contributed by atoms with Gasteiger partial charge in [-0.2, -0.15) is 0 Å². The minimum absolute atomic E-state index is 0.247. The molecule has 0 aliphatic heterocycles. The Morgan fingerprint density at radius 1 is 1.36 bits per heavy atom. The lowest BCUT2D eigenvalue weighted by molar-refractivity contribution is -0.141. The van der Waals surface area contributed by atoms with Crippen molar-refractivity contribution in [1.82, 2.24) is 10.2 Å². The van der Waals surface area contributed by atoms with Gasteiger partial charge in [0.1, 0.15) is 6.04 Å². The average molecular weight is 202 g/mol. The number of aliphatic carboxylic acids is 1. The normalized spacial score (nSPS) is 12.6. The lowest BCUT2D eigenvalue weighted by Crippen LogP contribution is -2.44. The van der Waals surface area contributed by atoms with Crippen LogP contribution in [0.25, 0.3) is 0 Å². The van der Waals surface area contributed by atoms with E-state index in [1.807, 2.05) is 18.7 Å². The van der Waals surface area contributed by atoms with E-state index in [1.54, 1.807) is 0 Å². The summed E-state index contributed by atoms with van der Waals surface area (Å²) < 4.78 is 0. The maximum Gasteiger partial charge on any atom is 0.325 e. The molecule has 14 heavy (non-hydrogen) atoms. The van der Waals surface area contributed by atoms with Gasteiger partial charge in [-0.1, -0.05) is 13.8 Å². The lowest BCUT2D eigenvalue weighted by Gasteiger charge is -2.18. The SMILES string of the molecule is CCN(CC)CC(=O)N[C@@H](C)C(=O)O. The van der Waals surface area contributed by atoms with Crippen LogP contribution in [-0.4, -0.2) is 47.6 Å². The van der Waals surface area contributed by atoms with Crippen molar-refractivity contribution in [3.63, 3.8) is 0 Å². The van der Waals surface area contributed by atoms with E-state index in [4.69, 9.17) is 5.11 Å². The Hall–Kier alpha value is -1.10. The third-order valence-electron chi connectivity index (χ3n) is 2.01. The number of rotatable bonds is 6. The highest BCUT2D eigenvalue weighted by atomic mass is 16.4. The molecule has 1 atom stereocenters. The minimum Gasteiger partial charge on any atom is -0.480 e. The second-order valence-corrected chi connectivity index (χ2v) is 3.09. The Morgan fingerprint density at radius 2 is 1.86 bits per heavy atom. The number of carboxylic acids is 1. The maximum absolute atomic E-state index is 11.3. The predicted molar refractivity (Wildman–Crippen MR) is 53.0 cm³/mol. The summed E-state index contributed by atoms with van der Waals surface area (Å²) in [5.41, 5.74) is 0. The second kappa shape index (κ2) is 6.37. The summed E-state index contributed by atoms with van der Waals surface area (Å²) in [6.07, 6.45) is 0. The molecule has 5 heteroatoms. The molecule has 0 aromatic carbocycles. The fourth-order valence-electron chi connectivity index (χ4n) is 0.999. The van der Waals surface area contributed by atoms with E-state index in [-0.39, 0.29) is 12.5 Å². The molecule has 0 saturated carbocycles. The summed E-state index contributed by atoms with van der Waals surface area (Å²) >= 11 is 0. The molecule has 0 bridgehead atoms. The molecule has 0 heterocycles. The van der Waals surface area contributed by atoms with Crippen LogP contribution in [0.3, 0.4) is 0 Å². The number of carbonyl (C=O) groups excluding carboxylic acids is 1. The van der Waals surface area contributed by atoms with Crippen LogP contribution in [-0.2, 0) is 9.59 Å². The highest BCUT2D eigenvalue weighted by Gasteiger charge is 2.14. The Morgan fingerprint density at radius 3 is 2.21 bits per heavy atom. The molecular formula is C9H18N2O3. The van der Waals surface area contributed by atoms with E-state index in [9.17, 15) is 9.59 Å². The van der Waals surface area contributed by atoms with Crippen LogP contribution in [0.4, 0.5) is 0 Å². The first kappa shape index (κ1) is 12.9. The van der Waals surface area contributed by atoms with E-state index < -0.39 is 12.0 Å². The van der Waals surface area contributed by atoms with Crippen molar-refractivity contribution < 1.29 is 14.7 Å².